The average molecular weight is 334 g/mol. The molecule has 4 nitrogen and oxygen atoms in total. The van der Waals surface area contributed by atoms with Gasteiger partial charge in [0.25, 0.3) is 0 Å². The van der Waals surface area contributed by atoms with Crippen molar-refractivity contribution >= 4 is 17.5 Å². The predicted molar refractivity (Wildman–Crippen MR) is 97.4 cm³/mol. The lowest BCUT2D eigenvalue weighted by Gasteiger charge is -2.29. The maximum atomic E-state index is 12.7. The van der Waals surface area contributed by atoms with Crippen LogP contribution in [-0.4, -0.2) is 23.3 Å². The average Bonchev–Trinajstić information content (AvgIpc) is 2.84. The smallest absolute Gasteiger partial charge is 0.234 e. The molecular formula is C21H22N2O2. The first kappa shape index (κ1) is 15.9. The Morgan fingerprint density at radius 3 is 2.72 bits per heavy atom. The summed E-state index contributed by atoms with van der Waals surface area (Å²) in [6.45, 7) is 5.29. The van der Waals surface area contributed by atoms with Crippen molar-refractivity contribution in [2.45, 2.75) is 38.6 Å². The standard InChI is InChI=1S/C21H22N2O2/c1-21(2)17-11-14(7-8-18(17)22-20(21)25)12-19(24)23-10-9-15-5-3-4-6-16(15)13-23/h3-8,11H,9-10,12-13H2,1-2H3,(H,22,25). The van der Waals surface area contributed by atoms with Crippen LogP contribution in [-0.2, 0) is 34.4 Å². The minimum Gasteiger partial charge on any atom is -0.338 e. The molecule has 4 heteroatoms. The highest BCUT2D eigenvalue weighted by atomic mass is 16.2. The summed E-state index contributed by atoms with van der Waals surface area (Å²) in [6, 6.07) is 14.2. The Bertz CT molecular complexity index is 870. The van der Waals surface area contributed by atoms with Crippen LogP contribution in [0.5, 0.6) is 0 Å². The summed E-state index contributed by atoms with van der Waals surface area (Å²) >= 11 is 0. The molecule has 0 bridgehead atoms. The molecule has 2 aliphatic rings. The molecule has 1 N–H and O–H groups in total. The Morgan fingerprint density at radius 2 is 1.92 bits per heavy atom. The Kier molecular flexibility index (Phi) is 3.64. The van der Waals surface area contributed by atoms with E-state index >= 15 is 0 Å². The second-order valence-electron chi connectivity index (χ2n) is 7.47. The summed E-state index contributed by atoms with van der Waals surface area (Å²) in [5.74, 6) is 0.156. The van der Waals surface area contributed by atoms with Gasteiger partial charge in [0.2, 0.25) is 11.8 Å². The van der Waals surface area contributed by atoms with Gasteiger partial charge in [-0.15, -0.1) is 0 Å². The van der Waals surface area contributed by atoms with Crippen molar-refractivity contribution in [1.29, 1.82) is 0 Å². The van der Waals surface area contributed by atoms with E-state index in [0.29, 0.717) is 13.0 Å². The summed E-state index contributed by atoms with van der Waals surface area (Å²) in [5.41, 5.74) is 4.85. The number of nitrogens with one attached hydrogen (secondary N) is 1. The van der Waals surface area contributed by atoms with Crippen molar-refractivity contribution in [2.75, 3.05) is 11.9 Å². The largest absolute Gasteiger partial charge is 0.338 e. The third-order valence-corrected chi connectivity index (χ3v) is 5.41. The molecular weight excluding hydrogens is 312 g/mol. The number of rotatable bonds is 2. The van der Waals surface area contributed by atoms with Crippen LogP contribution in [0.25, 0.3) is 0 Å². The molecule has 25 heavy (non-hydrogen) atoms. The molecule has 128 valence electrons. The van der Waals surface area contributed by atoms with Crippen LogP contribution in [0.3, 0.4) is 0 Å². The van der Waals surface area contributed by atoms with Crippen molar-refractivity contribution < 1.29 is 9.59 Å². The van der Waals surface area contributed by atoms with Crippen molar-refractivity contribution in [2.24, 2.45) is 0 Å². The molecule has 2 heterocycles. The van der Waals surface area contributed by atoms with Gasteiger partial charge in [0.15, 0.2) is 0 Å². The third kappa shape index (κ3) is 2.72. The first-order valence-corrected chi connectivity index (χ1v) is 8.74. The molecule has 0 radical (unpaired) electrons. The number of fused-ring (bicyclic) bond motifs is 2. The summed E-state index contributed by atoms with van der Waals surface area (Å²) in [7, 11) is 0. The Morgan fingerprint density at radius 1 is 1.16 bits per heavy atom. The minimum atomic E-state index is -0.543. The van der Waals surface area contributed by atoms with E-state index in [1.54, 1.807) is 0 Å². The lowest BCUT2D eigenvalue weighted by atomic mass is 9.85. The molecule has 2 aromatic carbocycles. The van der Waals surface area contributed by atoms with E-state index in [9.17, 15) is 9.59 Å². The van der Waals surface area contributed by atoms with Gasteiger partial charge >= 0.3 is 0 Å². The fourth-order valence-electron chi connectivity index (χ4n) is 3.72. The number of hydrogen-bond acceptors (Lipinski definition) is 2. The molecule has 0 saturated heterocycles. The topological polar surface area (TPSA) is 49.4 Å². The SMILES string of the molecule is CC1(C)C(=O)Nc2ccc(CC(=O)N3CCc4ccccc4C3)cc21. The van der Waals surface area contributed by atoms with Gasteiger partial charge in [-0.2, -0.15) is 0 Å². The van der Waals surface area contributed by atoms with Gasteiger partial charge in [0, 0.05) is 18.8 Å². The number of hydrogen-bond donors (Lipinski definition) is 1. The van der Waals surface area contributed by atoms with Crippen LogP contribution in [0.2, 0.25) is 0 Å². The fraction of sp³-hybridized carbons (Fsp3) is 0.333. The summed E-state index contributed by atoms with van der Waals surface area (Å²) in [5, 5.41) is 2.91. The van der Waals surface area contributed by atoms with Gasteiger partial charge in [-0.3, -0.25) is 9.59 Å². The molecule has 0 atom stereocenters. The quantitative estimate of drug-likeness (QED) is 0.918. The molecule has 0 spiro atoms. The number of amides is 2. The zero-order valence-corrected chi connectivity index (χ0v) is 14.6. The van der Waals surface area contributed by atoms with Gasteiger partial charge in [-0.1, -0.05) is 36.4 Å². The molecule has 0 aliphatic carbocycles. The van der Waals surface area contributed by atoms with Crippen LogP contribution >= 0.6 is 0 Å². The van der Waals surface area contributed by atoms with Crippen molar-refractivity contribution in [3.63, 3.8) is 0 Å². The highest BCUT2D eigenvalue weighted by Gasteiger charge is 2.38. The normalized spacial score (nSPS) is 17.7. The lowest BCUT2D eigenvalue weighted by Crippen LogP contribution is -2.36. The Balaban J connectivity index is 1.51. The number of carbonyl (C=O) groups is 2. The third-order valence-electron chi connectivity index (χ3n) is 5.41. The van der Waals surface area contributed by atoms with E-state index in [0.717, 1.165) is 29.8 Å². The van der Waals surface area contributed by atoms with Crippen molar-refractivity contribution in [1.82, 2.24) is 4.90 Å². The first-order chi connectivity index (χ1) is 11.9. The number of benzene rings is 2. The van der Waals surface area contributed by atoms with Crippen LogP contribution in [0.4, 0.5) is 5.69 Å². The van der Waals surface area contributed by atoms with Gasteiger partial charge in [-0.25, -0.2) is 0 Å². The molecule has 0 saturated carbocycles. The van der Waals surface area contributed by atoms with Gasteiger partial charge in [0.05, 0.1) is 11.8 Å². The van der Waals surface area contributed by atoms with Crippen molar-refractivity contribution in [3.8, 4) is 0 Å². The zero-order valence-electron chi connectivity index (χ0n) is 14.6. The van der Waals surface area contributed by atoms with E-state index in [2.05, 4.69) is 23.5 Å². The van der Waals surface area contributed by atoms with Crippen LogP contribution in [0.1, 0.15) is 36.1 Å². The van der Waals surface area contributed by atoms with Crippen LogP contribution in [0, 0.1) is 0 Å². The maximum Gasteiger partial charge on any atom is 0.234 e. The highest BCUT2D eigenvalue weighted by molar-refractivity contribution is 6.05. The number of anilines is 1. The van der Waals surface area contributed by atoms with E-state index in [1.807, 2.05) is 43.0 Å². The molecule has 0 aromatic heterocycles. The molecule has 2 aromatic rings. The minimum absolute atomic E-state index is 0.0126. The second-order valence-corrected chi connectivity index (χ2v) is 7.47. The Hall–Kier alpha value is -2.62. The summed E-state index contributed by atoms with van der Waals surface area (Å²) < 4.78 is 0. The Labute approximate surface area is 147 Å². The van der Waals surface area contributed by atoms with E-state index in [1.165, 1.54) is 11.1 Å². The van der Waals surface area contributed by atoms with E-state index in [-0.39, 0.29) is 11.8 Å². The first-order valence-electron chi connectivity index (χ1n) is 8.74. The predicted octanol–water partition coefficient (Wildman–Crippen LogP) is 3.04. The lowest BCUT2D eigenvalue weighted by molar-refractivity contribution is -0.131. The van der Waals surface area contributed by atoms with E-state index < -0.39 is 5.41 Å². The van der Waals surface area contributed by atoms with Gasteiger partial charge in [0.1, 0.15) is 0 Å². The zero-order chi connectivity index (χ0) is 17.6. The molecule has 2 amide bonds. The second kappa shape index (κ2) is 5.73. The van der Waals surface area contributed by atoms with Gasteiger partial charge < -0.3 is 10.2 Å². The van der Waals surface area contributed by atoms with Crippen molar-refractivity contribution in [3.05, 3.63) is 64.7 Å². The van der Waals surface area contributed by atoms with Crippen LogP contribution < -0.4 is 5.32 Å². The monoisotopic (exact) mass is 334 g/mol. The van der Waals surface area contributed by atoms with Gasteiger partial charge in [-0.05, 0) is 48.6 Å². The molecule has 4 rings (SSSR count). The summed E-state index contributed by atoms with van der Waals surface area (Å²) in [6.07, 6.45) is 1.29. The highest BCUT2D eigenvalue weighted by Crippen LogP contribution is 2.37. The number of nitrogens with zero attached hydrogens (tertiary/aromatic N) is 1. The number of carbonyl (C=O) groups excluding carboxylic acids is 2. The molecule has 2 aliphatic heterocycles. The molecule has 0 unspecified atom stereocenters. The molecule has 0 fully saturated rings. The summed E-state index contributed by atoms with van der Waals surface area (Å²) in [4.78, 5) is 26.7. The van der Waals surface area contributed by atoms with E-state index in [4.69, 9.17) is 0 Å². The van der Waals surface area contributed by atoms with Crippen LogP contribution in [0.15, 0.2) is 42.5 Å². The maximum absolute atomic E-state index is 12.7. The fourth-order valence-corrected chi connectivity index (χ4v) is 3.72.